The number of unbranched alkanes of at least 4 members (excludes halogenated alkanes) is 2. The highest BCUT2D eigenvalue weighted by Crippen LogP contribution is 2.45. The second-order valence-electron chi connectivity index (χ2n) is 12.5. The smallest absolute Gasteiger partial charge is 0.194 e. The molecule has 2 aromatic carbocycles. The second kappa shape index (κ2) is 12.9. The summed E-state index contributed by atoms with van der Waals surface area (Å²) in [5.74, 6) is 0.0966. The van der Waals surface area contributed by atoms with Crippen molar-refractivity contribution in [2.45, 2.75) is 115 Å². The molecule has 2 fully saturated rings. The summed E-state index contributed by atoms with van der Waals surface area (Å²) in [5.41, 5.74) is 4.61. The molecule has 0 bridgehead atoms. The Hall–Kier alpha value is -2.03. The molecule has 0 amide bonds. The first-order chi connectivity index (χ1) is 18.5. The average Bonchev–Trinajstić information content (AvgIpc) is 2.96. The van der Waals surface area contributed by atoms with Gasteiger partial charge in [-0.1, -0.05) is 75.8 Å². The van der Waals surface area contributed by atoms with Gasteiger partial charge in [0, 0.05) is 0 Å². The van der Waals surface area contributed by atoms with E-state index >= 15 is 0 Å². The predicted molar refractivity (Wildman–Crippen MR) is 152 cm³/mol. The Morgan fingerprint density at radius 1 is 0.684 bits per heavy atom. The zero-order valence-electron chi connectivity index (χ0n) is 23.2. The largest absolute Gasteiger partial charge is 0.204 e. The molecule has 3 heteroatoms. The van der Waals surface area contributed by atoms with Gasteiger partial charge in [-0.25, -0.2) is 13.2 Å². The van der Waals surface area contributed by atoms with Gasteiger partial charge in [-0.15, -0.1) is 0 Å². The number of hydrogen-bond acceptors (Lipinski definition) is 0. The summed E-state index contributed by atoms with van der Waals surface area (Å²) in [4.78, 5) is 0. The summed E-state index contributed by atoms with van der Waals surface area (Å²) in [6.45, 7) is 2.30. The quantitative estimate of drug-likeness (QED) is 0.239. The summed E-state index contributed by atoms with van der Waals surface area (Å²) < 4.78 is 40.7. The number of halogens is 3. The topological polar surface area (TPSA) is 0 Å². The first-order valence-electron chi connectivity index (χ1n) is 15.5. The Labute approximate surface area is 228 Å². The molecule has 38 heavy (non-hydrogen) atoms. The average molecular weight is 523 g/mol. The van der Waals surface area contributed by atoms with Gasteiger partial charge in [-0.2, -0.15) is 0 Å². The van der Waals surface area contributed by atoms with Crippen molar-refractivity contribution in [3.8, 4) is 0 Å². The van der Waals surface area contributed by atoms with Crippen molar-refractivity contribution in [1.29, 1.82) is 0 Å². The van der Waals surface area contributed by atoms with Crippen molar-refractivity contribution in [2.75, 3.05) is 0 Å². The molecule has 5 rings (SSSR count). The zero-order valence-corrected chi connectivity index (χ0v) is 23.2. The second-order valence-corrected chi connectivity index (χ2v) is 12.5. The summed E-state index contributed by atoms with van der Waals surface area (Å²) in [5, 5.41) is 0. The van der Waals surface area contributed by atoms with Gasteiger partial charge in [0.15, 0.2) is 17.5 Å². The Kier molecular flexibility index (Phi) is 9.33. The maximum absolute atomic E-state index is 13.7. The molecule has 1 atom stereocenters. The van der Waals surface area contributed by atoms with Crippen LogP contribution in [0, 0.1) is 35.2 Å². The van der Waals surface area contributed by atoms with E-state index in [0.717, 1.165) is 49.1 Å². The molecule has 3 aliphatic rings. The van der Waals surface area contributed by atoms with Gasteiger partial charge >= 0.3 is 0 Å². The molecule has 206 valence electrons. The van der Waals surface area contributed by atoms with Gasteiger partial charge in [-0.3, -0.25) is 0 Å². The molecule has 0 heterocycles. The van der Waals surface area contributed by atoms with Crippen molar-refractivity contribution in [2.24, 2.45) is 17.8 Å². The molecule has 0 saturated heterocycles. The fourth-order valence-electron chi connectivity index (χ4n) is 7.73. The molecule has 0 aliphatic heterocycles. The highest BCUT2D eigenvalue weighted by molar-refractivity contribution is 5.67. The molecule has 2 saturated carbocycles. The zero-order chi connectivity index (χ0) is 26.5. The number of rotatable bonds is 8. The highest BCUT2D eigenvalue weighted by atomic mass is 19.2. The lowest BCUT2D eigenvalue weighted by molar-refractivity contribution is 0.155. The van der Waals surface area contributed by atoms with Gasteiger partial charge in [0.05, 0.1) is 0 Å². The fraction of sp³-hybridized carbons (Fsp3) is 0.600. The minimum Gasteiger partial charge on any atom is -0.204 e. The van der Waals surface area contributed by atoms with E-state index in [1.807, 2.05) is 0 Å². The van der Waals surface area contributed by atoms with E-state index in [4.69, 9.17) is 0 Å². The molecule has 0 N–H and O–H groups in total. The Morgan fingerprint density at radius 3 is 1.89 bits per heavy atom. The number of allylic oxidation sites excluding steroid dienone is 2. The molecule has 0 spiro atoms. The third-order valence-corrected chi connectivity index (χ3v) is 10.2. The van der Waals surface area contributed by atoms with Crippen LogP contribution in [0.25, 0.3) is 5.57 Å². The van der Waals surface area contributed by atoms with Crippen LogP contribution in [0.15, 0.2) is 42.5 Å². The third-order valence-electron chi connectivity index (χ3n) is 10.2. The lowest BCUT2D eigenvalue weighted by Crippen LogP contribution is -2.25. The van der Waals surface area contributed by atoms with Gasteiger partial charge in [0.25, 0.3) is 0 Å². The molecule has 0 nitrogen and oxygen atoms in total. The normalized spacial score (nSPS) is 28.2. The Morgan fingerprint density at radius 2 is 1.32 bits per heavy atom. The highest BCUT2D eigenvalue weighted by Gasteiger charge is 2.31. The van der Waals surface area contributed by atoms with E-state index in [2.05, 4.69) is 37.3 Å². The third kappa shape index (κ3) is 6.57. The van der Waals surface area contributed by atoms with Crippen LogP contribution >= 0.6 is 0 Å². The van der Waals surface area contributed by atoms with E-state index in [0.29, 0.717) is 11.5 Å². The maximum atomic E-state index is 13.7. The number of benzene rings is 2. The first-order valence-corrected chi connectivity index (χ1v) is 15.5. The van der Waals surface area contributed by atoms with Crippen LogP contribution in [0.1, 0.15) is 132 Å². The summed E-state index contributed by atoms with van der Waals surface area (Å²) in [7, 11) is 0. The SMILES string of the molecule is CCCCCC1CCC(C2CCC(c3ccc(C4=CCC(c5cc(F)c(F)c(F)c5)CC4)cc3)CC2)CC1. The van der Waals surface area contributed by atoms with Gasteiger partial charge in [-0.05, 0) is 122 Å². The summed E-state index contributed by atoms with van der Waals surface area (Å²) >= 11 is 0. The molecular formula is C35H45F3. The number of hydrogen-bond donors (Lipinski definition) is 0. The van der Waals surface area contributed by atoms with Crippen LogP contribution in [-0.2, 0) is 0 Å². The molecular weight excluding hydrogens is 477 g/mol. The van der Waals surface area contributed by atoms with Crippen LogP contribution in [0.3, 0.4) is 0 Å². The van der Waals surface area contributed by atoms with E-state index in [9.17, 15) is 13.2 Å². The van der Waals surface area contributed by atoms with Crippen molar-refractivity contribution < 1.29 is 13.2 Å². The van der Waals surface area contributed by atoms with E-state index in [1.165, 1.54) is 93.7 Å². The van der Waals surface area contributed by atoms with E-state index < -0.39 is 17.5 Å². The van der Waals surface area contributed by atoms with Gasteiger partial charge < -0.3 is 0 Å². The minimum atomic E-state index is -1.38. The molecule has 0 radical (unpaired) electrons. The molecule has 0 aromatic heterocycles. The van der Waals surface area contributed by atoms with Crippen LogP contribution < -0.4 is 0 Å². The predicted octanol–water partition coefficient (Wildman–Crippen LogP) is 11.1. The molecule has 1 unspecified atom stereocenters. The van der Waals surface area contributed by atoms with Crippen molar-refractivity contribution in [1.82, 2.24) is 0 Å². The van der Waals surface area contributed by atoms with Crippen molar-refractivity contribution >= 4 is 5.57 Å². The molecule has 2 aromatic rings. The summed E-state index contributed by atoms with van der Waals surface area (Å²) in [6.07, 6.45) is 21.6. The van der Waals surface area contributed by atoms with Crippen molar-refractivity contribution in [3.05, 3.63) is 76.6 Å². The molecule has 3 aliphatic carbocycles. The van der Waals surface area contributed by atoms with Crippen molar-refractivity contribution in [3.63, 3.8) is 0 Å². The lowest BCUT2D eigenvalue weighted by atomic mass is 9.68. The standard InChI is InChI=1S/C35H45F3/c1-2-3-4-5-24-6-8-25(9-7-24)26-10-12-27(13-11-26)28-14-16-29(17-15-28)30-18-20-31(21-19-30)32-22-33(36)35(38)34(37)23-32/h14-18,22-27,31H,2-13,19-21H2,1H3. The fourth-order valence-corrected chi connectivity index (χ4v) is 7.73. The van der Waals surface area contributed by atoms with Gasteiger partial charge in [0.1, 0.15) is 0 Å². The monoisotopic (exact) mass is 522 g/mol. The lowest BCUT2D eigenvalue weighted by Gasteiger charge is -2.38. The summed E-state index contributed by atoms with van der Waals surface area (Å²) in [6, 6.07) is 11.5. The van der Waals surface area contributed by atoms with Crippen LogP contribution in [0.2, 0.25) is 0 Å². The first kappa shape index (κ1) is 27.5. The maximum Gasteiger partial charge on any atom is 0.194 e. The minimum absolute atomic E-state index is 0.0360. The van der Waals surface area contributed by atoms with Crippen LogP contribution in [0.4, 0.5) is 13.2 Å². The van der Waals surface area contributed by atoms with Gasteiger partial charge in [0.2, 0.25) is 0 Å². The van der Waals surface area contributed by atoms with Crippen LogP contribution in [0.5, 0.6) is 0 Å². The van der Waals surface area contributed by atoms with Crippen LogP contribution in [-0.4, -0.2) is 0 Å². The van der Waals surface area contributed by atoms with E-state index in [1.54, 1.807) is 0 Å². The van der Waals surface area contributed by atoms with E-state index in [-0.39, 0.29) is 5.92 Å². The Bertz CT molecular complexity index is 1050. The Balaban J connectivity index is 1.10.